The molecule has 2 N–H and O–H groups in total. The standard InChI is InChI=1S/C17H14FN3/c18-16-6-13(10-20)5-14(7-16)11-21-4-3-15-2-1-12(9-19)8-17(15)21/h1-8H,9,11,19H2. The number of nitrogens with zero attached hydrogens (tertiary/aromatic N) is 2. The average Bonchev–Trinajstić information content (AvgIpc) is 2.88. The lowest BCUT2D eigenvalue weighted by molar-refractivity contribution is 0.623. The third-order valence-corrected chi connectivity index (χ3v) is 3.51. The van der Waals surface area contributed by atoms with E-state index in [1.807, 2.05) is 41.1 Å². The van der Waals surface area contributed by atoms with Gasteiger partial charge in [-0.2, -0.15) is 5.26 Å². The summed E-state index contributed by atoms with van der Waals surface area (Å²) in [5.74, 6) is -0.386. The van der Waals surface area contributed by atoms with Crippen molar-refractivity contribution in [2.75, 3.05) is 0 Å². The number of hydrogen-bond acceptors (Lipinski definition) is 2. The van der Waals surface area contributed by atoms with E-state index in [-0.39, 0.29) is 5.82 Å². The molecule has 4 heteroatoms. The molecule has 0 spiro atoms. The second kappa shape index (κ2) is 5.39. The van der Waals surface area contributed by atoms with Crippen molar-refractivity contribution in [1.82, 2.24) is 4.57 Å². The molecule has 0 radical (unpaired) electrons. The van der Waals surface area contributed by atoms with Crippen molar-refractivity contribution in [3.8, 4) is 6.07 Å². The zero-order valence-corrected chi connectivity index (χ0v) is 11.4. The molecule has 0 aliphatic rings. The largest absolute Gasteiger partial charge is 0.343 e. The zero-order valence-electron chi connectivity index (χ0n) is 11.4. The minimum atomic E-state index is -0.386. The highest BCUT2D eigenvalue weighted by molar-refractivity contribution is 5.81. The maximum atomic E-state index is 13.5. The number of benzene rings is 2. The molecule has 3 nitrogen and oxygen atoms in total. The normalized spacial score (nSPS) is 10.7. The number of nitriles is 1. The molecule has 1 aromatic heterocycles. The van der Waals surface area contributed by atoms with Crippen LogP contribution in [0.2, 0.25) is 0 Å². The van der Waals surface area contributed by atoms with E-state index in [1.54, 1.807) is 6.07 Å². The predicted molar refractivity (Wildman–Crippen MR) is 80.0 cm³/mol. The Labute approximate surface area is 122 Å². The smallest absolute Gasteiger partial charge is 0.124 e. The number of hydrogen-bond donors (Lipinski definition) is 1. The predicted octanol–water partition coefficient (Wildman–Crippen LogP) is 3.16. The van der Waals surface area contributed by atoms with Crippen LogP contribution in [0, 0.1) is 17.1 Å². The number of nitrogens with two attached hydrogens (primary N) is 1. The fourth-order valence-electron chi connectivity index (χ4n) is 2.50. The van der Waals surface area contributed by atoms with Crippen LogP contribution in [0.3, 0.4) is 0 Å². The summed E-state index contributed by atoms with van der Waals surface area (Å²) in [4.78, 5) is 0. The van der Waals surface area contributed by atoms with E-state index in [2.05, 4.69) is 0 Å². The van der Waals surface area contributed by atoms with E-state index < -0.39 is 0 Å². The van der Waals surface area contributed by atoms with E-state index in [0.717, 1.165) is 22.0 Å². The average molecular weight is 279 g/mol. The van der Waals surface area contributed by atoms with Crippen LogP contribution >= 0.6 is 0 Å². The summed E-state index contributed by atoms with van der Waals surface area (Å²) >= 11 is 0. The van der Waals surface area contributed by atoms with Gasteiger partial charge in [-0.1, -0.05) is 12.1 Å². The van der Waals surface area contributed by atoms with Gasteiger partial charge in [-0.05, 0) is 46.8 Å². The molecule has 0 saturated carbocycles. The lowest BCUT2D eigenvalue weighted by Gasteiger charge is -2.07. The summed E-state index contributed by atoms with van der Waals surface area (Å²) in [6.45, 7) is 1.00. The van der Waals surface area contributed by atoms with Crippen LogP contribution in [0.25, 0.3) is 10.9 Å². The Morgan fingerprint density at radius 1 is 1.10 bits per heavy atom. The molecule has 3 aromatic rings. The molecular weight excluding hydrogens is 265 g/mol. The van der Waals surface area contributed by atoms with Gasteiger partial charge < -0.3 is 10.3 Å². The van der Waals surface area contributed by atoms with Crippen molar-refractivity contribution in [3.05, 3.63) is 71.2 Å². The summed E-state index contributed by atoms with van der Waals surface area (Å²) in [6.07, 6.45) is 1.96. The number of halogens is 1. The van der Waals surface area contributed by atoms with Crippen LogP contribution in [0.1, 0.15) is 16.7 Å². The number of aromatic nitrogens is 1. The SMILES string of the molecule is N#Cc1cc(F)cc(Cn2ccc3ccc(CN)cc32)c1. The monoisotopic (exact) mass is 279 g/mol. The van der Waals surface area contributed by atoms with Crippen LogP contribution in [-0.2, 0) is 13.1 Å². The molecule has 3 rings (SSSR count). The molecule has 104 valence electrons. The van der Waals surface area contributed by atoms with Crippen LogP contribution in [0.5, 0.6) is 0 Å². The number of rotatable bonds is 3. The van der Waals surface area contributed by atoms with Crippen LogP contribution < -0.4 is 5.73 Å². The fourth-order valence-corrected chi connectivity index (χ4v) is 2.50. The molecule has 2 aromatic carbocycles. The summed E-state index contributed by atoms with van der Waals surface area (Å²) in [5, 5.41) is 10.0. The Morgan fingerprint density at radius 2 is 1.95 bits per heavy atom. The lowest BCUT2D eigenvalue weighted by Crippen LogP contribution is -2.01. The van der Waals surface area contributed by atoms with Gasteiger partial charge >= 0.3 is 0 Å². The minimum Gasteiger partial charge on any atom is -0.343 e. The molecule has 0 amide bonds. The van der Waals surface area contributed by atoms with Gasteiger partial charge in [-0.25, -0.2) is 4.39 Å². The van der Waals surface area contributed by atoms with Gasteiger partial charge in [0.1, 0.15) is 5.82 Å². The third kappa shape index (κ3) is 2.64. The van der Waals surface area contributed by atoms with Gasteiger partial charge in [0.25, 0.3) is 0 Å². The maximum Gasteiger partial charge on any atom is 0.124 e. The molecule has 21 heavy (non-hydrogen) atoms. The quantitative estimate of drug-likeness (QED) is 0.800. The second-order valence-electron chi connectivity index (χ2n) is 5.00. The molecule has 0 atom stereocenters. The Kier molecular flexibility index (Phi) is 3.43. The number of fused-ring (bicyclic) bond motifs is 1. The molecule has 0 aliphatic carbocycles. The molecule has 0 unspecified atom stereocenters. The maximum absolute atomic E-state index is 13.5. The van der Waals surface area contributed by atoms with Crippen molar-refractivity contribution in [2.45, 2.75) is 13.1 Å². The second-order valence-corrected chi connectivity index (χ2v) is 5.00. The van der Waals surface area contributed by atoms with Gasteiger partial charge in [-0.15, -0.1) is 0 Å². The Balaban J connectivity index is 2.02. The van der Waals surface area contributed by atoms with Crippen LogP contribution in [-0.4, -0.2) is 4.57 Å². The first-order valence-corrected chi connectivity index (χ1v) is 6.67. The van der Waals surface area contributed by atoms with E-state index in [4.69, 9.17) is 11.0 Å². The molecular formula is C17H14FN3. The third-order valence-electron chi connectivity index (χ3n) is 3.51. The first-order valence-electron chi connectivity index (χ1n) is 6.67. The Hall–Kier alpha value is -2.64. The zero-order chi connectivity index (χ0) is 14.8. The first kappa shape index (κ1) is 13.3. The summed E-state index contributed by atoms with van der Waals surface area (Å²) in [7, 11) is 0. The van der Waals surface area contributed by atoms with Crippen molar-refractivity contribution >= 4 is 10.9 Å². The highest BCUT2D eigenvalue weighted by Gasteiger charge is 2.05. The van der Waals surface area contributed by atoms with E-state index in [9.17, 15) is 4.39 Å². The summed E-state index contributed by atoms with van der Waals surface area (Å²) in [6, 6.07) is 14.5. The van der Waals surface area contributed by atoms with Gasteiger partial charge in [-0.3, -0.25) is 0 Å². The molecule has 0 bridgehead atoms. The van der Waals surface area contributed by atoms with Gasteiger partial charge in [0.05, 0.1) is 11.6 Å². The van der Waals surface area contributed by atoms with Crippen LogP contribution in [0.15, 0.2) is 48.7 Å². The fraction of sp³-hybridized carbons (Fsp3) is 0.118. The van der Waals surface area contributed by atoms with E-state index in [0.29, 0.717) is 18.7 Å². The van der Waals surface area contributed by atoms with E-state index in [1.165, 1.54) is 12.1 Å². The lowest BCUT2D eigenvalue weighted by atomic mass is 10.1. The van der Waals surface area contributed by atoms with Crippen molar-refractivity contribution in [2.24, 2.45) is 5.73 Å². The highest BCUT2D eigenvalue weighted by Crippen LogP contribution is 2.20. The van der Waals surface area contributed by atoms with Gasteiger partial charge in [0, 0.05) is 24.8 Å². The Morgan fingerprint density at radius 3 is 2.71 bits per heavy atom. The molecule has 0 fully saturated rings. The minimum absolute atomic E-state index is 0.337. The van der Waals surface area contributed by atoms with Crippen molar-refractivity contribution in [3.63, 3.8) is 0 Å². The van der Waals surface area contributed by atoms with Gasteiger partial charge in [0.15, 0.2) is 0 Å². The van der Waals surface area contributed by atoms with Crippen molar-refractivity contribution in [1.29, 1.82) is 5.26 Å². The first-order chi connectivity index (χ1) is 10.2. The molecule has 1 heterocycles. The summed E-state index contributed by atoms with van der Waals surface area (Å²) < 4.78 is 15.5. The highest BCUT2D eigenvalue weighted by atomic mass is 19.1. The van der Waals surface area contributed by atoms with Crippen LogP contribution in [0.4, 0.5) is 4.39 Å². The van der Waals surface area contributed by atoms with Gasteiger partial charge in [0.2, 0.25) is 0 Å². The molecule has 0 saturated heterocycles. The Bertz CT molecular complexity index is 843. The topological polar surface area (TPSA) is 54.7 Å². The van der Waals surface area contributed by atoms with Crippen molar-refractivity contribution < 1.29 is 4.39 Å². The summed E-state index contributed by atoms with van der Waals surface area (Å²) in [5.41, 5.74) is 8.89. The van der Waals surface area contributed by atoms with E-state index >= 15 is 0 Å². The molecule has 0 aliphatic heterocycles.